The van der Waals surface area contributed by atoms with Crippen LogP contribution in [0.4, 0.5) is 15.1 Å². The Balaban J connectivity index is 1.49. The Morgan fingerprint density at radius 1 is 1.19 bits per heavy atom. The van der Waals surface area contributed by atoms with E-state index < -0.39 is 11.7 Å². The first kappa shape index (κ1) is 26.1. The molecule has 1 atom stereocenters. The molecule has 9 heteroatoms. The van der Waals surface area contributed by atoms with Gasteiger partial charge < -0.3 is 19.7 Å². The van der Waals surface area contributed by atoms with Crippen molar-refractivity contribution in [3.8, 4) is 17.0 Å². The topological polar surface area (TPSA) is 79.8 Å². The number of carbonyl (C=O) groups is 1. The molecule has 0 bridgehead atoms. The second kappa shape index (κ2) is 11.4. The first-order valence-electron chi connectivity index (χ1n) is 12.9. The van der Waals surface area contributed by atoms with Gasteiger partial charge in [0.25, 0.3) is 0 Å². The molecule has 1 unspecified atom stereocenters. The number of ether oxygens (including phenoxy) is 2. The van der Waals surface area contributed by atoms with Crippen molar-refractivity contribution in [1.82, 2.24) is 20.2 Å². The van der Waals surface area contributed by atoms with Crippen molar-refractivity contribution < 1.29 is 18.7 Å². The fourth-order valence-electron chi connectivity index (χ4n) is 4.63. The lowest BCUT2D eigenvalue weighted by Gasteiger charge is -2.26. The molecule has 0 saturated carbocycles. The second-order valence-corrected chi connectivity index (χ2v) is 10.7. The van der Waals surface area contributed by atoms with E-state index >= 15 is 0 Å². The minimum absolute atomic E-state index is 0.0805. The van der Waals surface area contributed by atoms with Gasteiger partial charge in [-0.3, -0.25) is 4.90 Å². The number of alkyl carbamates (subject to hydrolysis) is 1. The van der Waals surface area contributed by atoms with Crippen molar-refractivity contribution in [2.24, 2.45) is 0 Å². The highest BCUT2D eigenvalue weighted by molar-refractivity contribution is 5.69. The number of halogens is 1. The Morgan fingerprint density at radius 3 is 2.72 bits per heavy atom. The van der Waals surface area contributed by atoms with Crippen LogP contribution in [0.1, 0.15) is 52.0 Å². The molecular weight excluding hydrogens is 461 g/mol. The molecule has 1 aromatic carbocycles. The summed E-state index contributed by atoms with van der Waals surface area (Å²) in [5, 5.41) is 2.92. The highest BCUT2D eigenvalue weighted by Crippen LogP contribution is 2.32. The Labute approximate surface area is 213 Å². The smallest absolute Gasteiger partial charge is 0.407 e. The summed E-state index contributed by atoms with van der Waals surface area (Å²) in [5.74, 6) is 0.614. The number of carbonyl (C=O) groups excluding carboxylic acids is 1. The van der Waals surface area contributed by atoms with Crippen molar-refractivity contribution in [3.05, 3.63) is 35.8 Å². The number of amides is 1. The number of anilines is 1. The monoisotopic (exact) mass is 499 g/mol. The summed E-state index contributed by atoms with van der Waals surface area (Å²) in [7, 11) is 0. The van der Waals surface area contributed by atoms with Crippen LogP contribution in [0.2, 0.25) is 0 Å². The number of hydrogen-bond donors (Lipinski definition) is 1. The van der Waals surface area contributed by atoms with Crippen LogP contribution in [0.3, 0.4) is 0 Å². The molecule has 0 spiro atoms. The van der Waals surface area contributed by atoms with Crippen LogP contribution in [0.5, 0.6) is 5.75 Å². The molecule has 1 N–H and O–H groups in total. The molecule has 0 radical (unpaired) electrons. The largest absolute Gasteiger partial charge is 0.488 e. The highest BCUT2D eigenvalue weighted by atomic mass is 19.1. The molecule has 2 aliphatic heterocycles. The van der Waals surface area contributed by atoms with Crippen LogP contribution in [0.25, 0.3) is 11.3 Å². The van der Waals surface area contributed by atoms with Gasteiger partial charge in [-0.2, -0.15) is 0 Å². The molecular formula is C27H38FN5O3. The molecule has 2 aromatic rings. The number of aryl methyl sites for hydroxylation is 1. The molecule has 2 saturated heterocycles. The van der Waals surface area contributed by atoms with E-state index in [4.69, 9.17) is 14.5 Å². The zero-order valence-corrected chi connectivity index (χ0v) is 21.8. The Kier molecular flexibility index (Phi) is 8.28. The SMILES string of the molecule is Cc1ccc(F)c(-c2nc(N3CCC(NC(=O)OC(C)(C)C)C3)ncc2OCCN2CCCCC2)c1. The third kappa shape index (κ3) is 7.06. The molecule has 4 rings (SSSR count). The molecule has 0 aliphatic carbocycles. The number of aromatic nitrogens is 2. The minimum Gasteiger partial charge on any atom is -0.488 e. The molecule has 196 valence electrons. The number of rotatable bonds is 7. The van der Waals surface area contributed by atoms with Gasteiger partial charge in [0.15, 0.2) is 5.75 Å². The van der Waals surface area contributed by atoms with E-state index in [9.17, 15) is 9.18 Å². The quantitative estimate of drug-likeness (QED) is 0.598. The summed E-state index contributed by atoms with van der Waals surface area (Å²) in [6.07, 6.45) is 5.67. The van der Waals surface area contributed by atoms with Gasteiger partial charge >= 0.3 is 6.09 Å². The first-order valence-corrected chi connectivity index (χ1v) is 12.9. The van der Waals surface area contributed by atoms with E-state index in [1.54, 1.807) is 18.3 Å². The zero-order valence-electron chi connectivity index (χ0n) is 21.8. The van der Waals surface area contributed by atoms with Gasteiger partial charge in [-0.1, -0.05) is 18.1 Å². The number of benzene rings is 1. The van der Waals surface area contributed by atoms with Gasteiger partial charge in [-0.25, -0.2) is 19.2 Å². The van der Waals surface area contributed by atoms with Crippen LogP contribution in [-0.2, 0) is 4.74 Å². The van der Waals surface area contributed by atoms with Crippen molar-refractivity contribution in [3.63, 3.8) is 0 Å². The summed E-state index contributed by atoms with van der Waals surface area (Å²) in [4.78, 5) is 25.9. The van der Waals surface area contributed by atoms with Gasteiger partial charge in [0, 0.05) is 25.2 Å². The molecule has 1 aromatic heterocycles. The van der Waals surface area contributed by atoms with Crippen molar-refractivity contribution in [2.75, 3.05) is 44.2 Å². The molecule has 2 fully saturated rings. The van der Waals surface area contributed by atoms with Gasteiger partial charge in [0.2, 0.25) is 5.95 Å². The number of piperidine rings is 1. The number of nitrogens with zero attached hydrogens (tertiary/aromatic N) is 4. The van der Waals surface area contributed by atoms with Crippen LogP contribution in [0.15, 0.2) is 24.4 Å². The fourth-order valence-corrected chi connectivity index (χ4v) is 4.63. The van der Waals surface area contributed by atoms with E-state index in [0.29, 0.717) is 42.7 Å². The Hall–Kier alpha value is -2.94. The van der Waals surface area contributed by atoms with Crippen LogP contribution >= 0.6 is 0 Å². The summed E-state index contributed by atoms with van der Waals surface area (Å²) >= 11 is 0. The van der Waals surface area contributed by atoms with Crippen LogP contribution in [-0.4, -0.2) is 71.9 Å². The predicted molar refractivity (Wildman–Crippen MR) is 138 cm³/mol. The van der Waals surface area contributed by atoms with E-state index in [1.165, 1.54) is 25.3 Å². The van der Waals surface area contributed by atoms with Crippen molar-refractivity contribution in [2.45, 2.75) is 65.0 Å². The van der Waals surface area contributed by atoms with Gasteiger partial charge in [-0.15, -0.1) is 0 Å². The van der Waals surface area contributed by atoms with E-state index in [-0.39, 0.29) is 11.9 Å². The van der Waals surface area contributed by atoms with Crippen molar-refractivity contribution >= 4 is 12.0 Å². The average molecular weight is 500 g/mol. The summed E-state index contributed by atoms with van der Waals surface area (Å²) in [5.41, 5.74) is 1.23. The molecule has 8 nitrogen and oxygen atoms in total. The van der Waals surface area contributed by atoms with Crippen LogP contribution < -0.4 is 15.0 Å². The Morgan fingerprint density at radius 2 is 1.97 bits per heavy atom. The molecule has 3 heterocycles. The summed E-state index contributed by atoms with van der Waals surface area (Å²) in [6.45, 7) is 12.1. The van der Waals surface area contributed by atoms with Gasteiger partial charge in [0.1, 0.15) is 23.7 Å². The van der Waals surface area contributed by atoms with Crippen molar-refractivity contribution in [1.29, 1.82) is 0 Å². The number of nitrogens with one attached hydrogen (secondary N) is 1. The summed E-state index contributed by atoms with van der Waals surface area (Å²) in [6, 6.07) is 4.91. The van der Waals surface area contributed by atoms with E-state index in [2.05, 4.69) is 15.2 Å². The molecule has 36 heavy (non-hydrogen) atoms. The lowest BCUT2D eigenvalue weighted by atomic mass is 10.1. The predicted octanol–water partition coefficient (Wildman–Crippen LogP) is 4.56. The normalized spacial score (nSPS) is 18.8. The second-order valence-electron chi connectivity index (χ2n) is 10.7. The average Bonchev–Trinajstić information content (AvgIpc) is 3.28. The third-order valence-electron chi connectivity index (χ3n) is 6.43. The van der Waals surface area contributed by atoms with Crippen LogP contribution in [0, 0.1) is 12.7 Å². The van der Waals surface area contributed by atoms with E-state index in [1.807, 2.05) is 32.6 Å². The maximum atomic E-state index is 14.9. The number of hydrogen-bond acceptors (Lipinski definition) is 7. The third-order valence-corrected chi connectivity index (χ3v) is 6.43. The fraction of sp³-hybridized carbons (Fsp3) is 0.593. The zero-order chi connectivity index (χ0) is 25.7. The standard InChI is InChI=1S/C27H38FN5O3/c1-19-8-9-22(28)21(16-19)24-23(35-15-14-32-11-6-5-7-12-32)17-29-25(31-24)33-13-10-20(18-33)30-26(34)36-27(2,3)4/h8-9,16-17,20H,5-7,10-15,18H2,1-4H3,(H,30,34). The molecule has 1 amide bonds. The van der Waals surface area contributed by atoms with Gasteiger partial charge in [-0.05, 0) is 72.2 Å². The minimum atomic E-state index is -0.553. The lowest BCUT2D eigenvalue weighted by molar-refractivity contribution is 0.0509. The van der Waals surface area contributed by atoms with E-state index in [0.717, 1.165) is 31.6 Å². The maximum absolute atomic E-state index is 14.9. The highest BCUT2D eigenvalue weighted by Gasteiger charge is 2.28. The lowest BCUT2D eigenvalue weighted by Crippen LogP contribution is -2.40. The molecule has 2 aliphatic rings. The summed E-state index contributed by atoms with van der Waals surface area (Å²) < 4.78 is 26.4. The van der Waals surface area contributed by atoms with Gasteiger partial charge in [0.05, 0.1) is 12.2 Å². The first-order chi connectivity index (χ1) is 17.2. The maximum Gasteiger partial charge on any atom is 0.407 e. The Bertz CT molecular complexity index is 1050. The number of likely N-dealkylation sites (tertiary alicyclic amines) is 1.